The maximum Gasteiger partial charge on any atom is 0.416 e. The third kappa shape index (κ3) is 6.62. The van der Waals surface area contributed by atoms with Gasteiger partial charge in [0.2, 0.25) is 0 Å². The largest absolute Gasteiger partial charge is 0.416 e. The number of benzene rings is 1. The molecule has 0 spiro atoms. The third-order valence-corrected chi connectivity index (χ3v) is 2.86. The molecule has 0 aliphatic heterocycles. The number of hydrogen-bond acceptors (Lipinski definition) is 1. The maximum atomic E-state index is 12.3. The van der Waals surface area contributed by atoms with Crippen LogP contribution in [0.25, 0.3) is 0 Å². The highest BCUT2D eigenvalue weighted by molar-refractivity contribution is 5.24. The minimum Gasteiger partial charge on any atom is -0.381 e. The molecule has 0 aliphatic carbocycles. The van der Waals surface area contributed by atoms with Crippen molar-refractivity contribution in [2.24, 2.45) is 0 Å². The number of alkyl halides is 3. The van der Waals surface area contributed by atoms with Crippen LogP contribution >= 0.6 is 0 Å². The summed E-state index contributed by atoms with van der Waals surface area (Å²) >= 11 is 0. The van der Waals surface area contributed by atoms with Gasteiger partial charge in [-0.1, -0.05) is 38.3 Å². The van der Waals surface area contributed by atoms with Crippen LogP contribution in [0.1, 0.15) is 36.8 Å². The maximum absolute atomic E-state index is 12.3. The van der Waals surface area contributed by atoms with Crippen LogP contribution in [0.3, 0.4) is 0 Å². The van der Waals surface area contributed by atoms with Crippen molar-refractivity contribution in [2.45, 2.75) is 38.3 Å². The molecule has 1 radical (unpaired) electrons. The molecule has 0 unspecified atom stereocenters. The molecule has 1 aromatic rings. The van der Waals surface area contributed by atoms with Crippen LogP contribution in [0.4, 0.5) is 13.2 Å². The van der Waals surface area contributed by atoms with Crippen molar-refractivity contribution in [2.75, 3.05) is 13.2 Å². The first-order valence-corrected chi connectivity index (χ1v) is 6.57. The van der Waals surface area contributed by atoms with E-state index < -0.39 is 11.7 Å². The molecule has 19 heavy (non-hydrogen) atoms. The van der Waals surface area contributed by atoms with E-state index in [0.29, 0.717) is 19.6 Å². The average molecular weight is 273 g/mol. The Morgan fingerprint density at radius 1 is 0.947 bits per heavy atom. The zero-order chi connectivity index (χ0) is 14.1. The van der Waals surface area contributed by atoms with Crippen molar-refractivity contribution in [3.05, 3.63) is 42.3 Å². The summed E-state index contributed by atoms with van der Waals surface area (Å²) < 4.78 is 42.5. The standard InChI is InChI=1S/C15H20F3O/c1-2-3-4-5-11-19-12-10-13-6-8-14(9-7-13)15(16,17)18/h6-9H,1-5,10-12H2. The Bertz CT molecular complexity index is 343. The number of hydrogen-bond donors (Lipinski definition) is 0. The molecule has 0 bridgehead atoms. The fourth-order valence-electron chi connectivity index (χ4n) is 1.71. The molecule has 0 aliphatic rings. The second kappa shape index (κ2) is 8.20. The normalized spacial score (nSPS) is 11.8. The van der Waals surface area contributed by atoms with E-state index in [1.807, 2.05) is 0 Å². The molecule has 4 heteroatoms. The van der Waals surface area contributed by atoms with E-state index in [4.69, 9.17) is 4.74 Å². The van der Waals surface area contributed by atoms with Gasteiger partial charge in [0.05, 0.1) is 12.2 Å². The van der Waals surface area contributed by atoms with E-state index in [-0.39, 0.29) is 0 Å². The second-order valence-corrected chi connectivity index (χ2v) is 4.47. The van der Waals surface area contributed by atoms with Gasteiger partial charge >= 0.3 is 6.18 Å². The monoisotopic (exact) mass is 273 g/mol. The SMILES string of the molecule is [CH2]CCCCCOCCc1ccc(C(F)(F)F)cc1. The van der Waals surface area contributed by atoms with Gasteiger partial charge in [0.15, 0.2) is 0 Å². The summed E-state index contributed by atoms with van der Waals surface area (Å²) in [6, 6.07) is 5.25. The number of rotatable bonds is 8. The highest BCUT2D eigenvalue weighted by Gasteiger charge is 2.29. The van der Waals surface area contributed by atoms with Gasteiger partial charge < -0.3 is 4.74 Å². The fourth-order valence-corrected chi connectivity index (χ4v) is 1.71. The van der Waals surface area contributed by atoms with Crippen molar-refractivity contribution in [3.8, 4) is 0 Å². The molecule has 0 amide bonds. The lowest BCUT2D eigenvalue weighted by Gasteiger charge is -2.08. The lowest BCUT2D eigenvalue weighted by Crippen LogP contribution is -2.05. The van der Waals surface area contributed by atoms with Crippen LogP contribution in [0.15, 0.2) is 24.3 Å². The zero-order valence-corrected chi connectivity index (χ0v) is 11.0. The molecule has 0 saturated heterocycles. The van der Waals surface area contributed by atoms with Crippen molar-refractivity contribution < 1.29 is 17.9 Å². The molecule has 1 aromatic carbocycles. The Kier molecular flexibility index (Phi) is 6.92. The van der Waals surface area contributed by atoms with E-state index in [9.17, 15) is 13.2 Å². The molecule has 0 heterocycles. The van der Waals surface area contributed by atoms with Gasteiger partial charge in [0.25, 0.3) is 0 Å². The highest BCUT2D eigenvalue weighted by atomic mass is 19.4. The van der Waals surface area contributed by atoms with Crippen molar-refractivity contribution >= 4 is 0 Å². The van der Waals surface area contributed by atoms with Crippen LogP contribution in [0, 0.1) is 6.92 Å². The van der Waals surface area contributed by atoms with Gasteiger partial charge in [-0.3, -0.25) is 0 Å². The summed E-state index contributed by atoms with van der Waals surface area (Å²) in [4.78, 5) is 0. The predicted molar refractivity (Wildman–Crippen MR) is 69.8 cm³/mol. The van der Waals surface area contributed by atoms with E-state index in [0.717, 1.165) is 43.4 Å². The summed E-state index contributed by atoms with van der Waals surface area (Å²) in [6.07, 6.45) is 0.580. The van der Waals surface area contributed by atoms with E-state index in [1.54, 1.807) is 0 Å². The number of halogens is 3. The first kappa shape index (κ1) is 16.0. The summed E-state index contributed by atoms with van der Waals surface area (Å²) in [5.41, 5.74) is 0.260. The molecule has 0 aromatic heterocycles. The summed E-state index contributed by atoms with van der Waals surface area (Å²) in [6.45, 7) is 5.02. The quantitative estimate of drug-likeness (QED) is 0.626. The zero-order valence-electron chi connectivity index (χ0n) is 11.0. The Labute approximate surface area is 112 Å². The Morgan fingerprint density at radius 2 is 1.63 bits per heavy atom. The van der Waals surface area contributed by atoms with E-state index in [1.165, 1.54) is 12.1 Å². The summed E-state index contributed by atoms with van der Waals surface area (Å²) in [5.74, 6) is 0. The van der Waals surface area contributed by atoms with Gasteiger partial charge in [-0.2, -0.15) is 13.2 Å². The molecule has 1 nitrogen and oxygen atoms in total. The van der Waals surface area contributed by atoms with Gasteiger partial charge in [0, 0.05) is 6.61 Å². The van der Waals surface area contributed by atoms with E-state index >= 15 is 0 Å². The van der Waals surface area contributed by atoms with Crippen molar-refractivity contribution in [1.82, 2.24) is 0 Å². The Morgan fingerprint density at radius 3 is 2.21 bits per heavy atom. The predicted octanol–water partition coefficient (Wildman–Crippen LogP) is 4.66. The molecule has 0 N–H and O–H groups in total. The molecule has 0 saturated carbocycles. The molecule has 1 rings (SSSR count). The Hall–Kier alpha value is -1.03. The van der Waals surface area contributed by atoms with Crippen LogP contribution in [-0.4, -0.2) is 13.2 Å². The van der Waals surface area contributed by atoms with Crippen molar-refractivity contribution in [1.29, 1.82) is 0 Å². The minimum absolute atomic E-state index is 0.551. The highest BCUT2D eigenvalue weighted by Crippen LogP contribution is 2.29. The molecular formula is C15H20F3O. The smallest absolute Gasteiger partial charge is 0.381 e. The average Bonchev–Trinajstić information content (AvgIpc) is 2.37. The van der Waals surface area contributed by atoms with Crippen LogP contribution in [0.2, 0.25) is 0 Å². The summed E-state index contributed by atoms with van der Waals surface area (Å²) in [7, 11) is 0. The number of unbranched alkanes of at least 4 members (excludes halogenated alkanes) is 3. The van der Waals surface area contributed by atoms with Gasteiger partial charge in [0.1, 0.15) is 0 Å². The molecular weight excluding hydrogens is 253 g/mol. The summed E-state index contributed by atoms with van der Waals surface area (Å²) in [5, 5.41) is 0. The molecule has 0 atom stereocenters. The molecule has 0 fully saturated rings. The van der Waals surface area contributed by atoms with Gasteiger partial charge in [-0.05, 0) is 30.5 Å². The first-order valence-electron chi connectivity index (χ1n) is 6.57. The van der Waals surface area contributed by atoms with Crippen molar-refractivity contribution in [3.63, 3.8) is 0 Å². The van der Waals surface area contributed by atoms with Crippen LogP contribution < -0.4 is 0 Å². The van der Waals surface area contributed by atoms with Gasteiger partial charge in [-0.15, -0.1) is 0 Å². The van der Waals surface area contributed by atoms with Crippen LogP contribution in [0.5, 0.6) is 0 Å². The topological polar surface area (TPSA) is 9.23 Å². The third-order valence-electron chi connectivity index (χ3n) is 2.86. The van der Waals surface area contributed by atoms with Crippen LogP contribution in [-0.2, 0) is 17.3 Å². The Balaban J connectivity index is 2.20. The second-order valence-electron chi connectivity index (χ2n) is 4.47. The lowest BCUT2D eigenvalue weighted by atomic mass is 10.1. The number of ether oxygens (including phenoxy) is 1. The fraction of sp³-hybridized carbons (Fsp3) is 0.533. The molecule has 107 valence electrons. The van der Waals surface area contributed by atoms with E-state index in [2.05, 4.69) is 6.92 Å². The minimum atomic E-state index is -4.26. The first-order chi connectivity index (χ1) is 9.04. The lowest BCUT2D eigenvalue weighted by molar-refractivity contribution is -0.137. The van der Waals surface area contributed by atoms with Gasteiger partial charge in [-0.25, -0.2) is 0 Å².